The van der Waals surface area contributed by atoms with Crippen LogP contribution in [0.4, 0.5) is 0 Å². The molecule has 0 saturated heterocycles. The molecule has 0 heterocycles. The molecule has 170 valence electrons. The molecule has 2 aliphatic rings. The summed E-state index contributed by atoms with van der Waals surface area (Å²) in [5, 5.41) is 21.4. The number of hydrogen-bond acceptors (Lipinski definition) is 4. The predicted octanol–water partition coefficient (Wildman–Crippen LogP) is 3.53. The van der Waals surface area contributed by atoms with Crippen molar-refractivity contribution in [2.45, 2.75) is 70.0 Å². The summed E-state index contributed by atoms with van der Waals surface area (Å²) in [4.78, 5) is 25.8. The number of fused-ring (bicyclic) bond motifs is 1. The van der Waals surface area contributed by atoms with Gasteiger partial charge < -0.3 is 15.1 Å². The average molecular weight is 428 g/mol. The summed E-state index contributed by atoms with van der Waals surface area (Å²) in [5.41, 5.74) is 2.51. The molecular formula is C26H37NO4. The van der Waals surface area contributed by atoms with Gasteiger partial charge in [0.1, 0.15) is 5.78 Å². The van der Waals surface area contributed by atoms with E-state index < -0.39 is 12.2 Å². The van der Waals surface area contributed by atoms with Crippen LogP contribution in [0.2, 0.25) is 0 Å². The first kappa shape index (κ1) is 23.7. The second kappa shape index (κ2) is 11.1. The van der Waals surface area contributed by atoms with Gasteiger partial charge in [-0.2, -0.15) is 0 Å². The Morgan fingerprint density at radius 2 is 1.84 bits per heavy atom. The normalized spacial score (nSPS) is 25.7. The standard InChI is InChI=1S/C26H37NO4/c1-27(2)25(31)11-7-6-10-19-14-20-16-23(29)26(22(20)15-19)24(30)17-21(28)13-12-18-8-4-3-5-9-18/h3-5,8-9,14,20,22-24,26,29-30H,6-7,10-13,15-17H2,1-2H3/t20-,22-,23+,24-,26+/m0/s1. The Bertz CT molecular complexity index is 773. The number of nitrogens with zero attached hydrogens (tertiary/aromatic N) is 1. The first-order valence-corrected chi connectivity index (χ1v) is 11.7. The van der Waals surface area contributed by atoms with E-state index in [-0.39, 0.29) is 29.9 Å². The van der Waals surface area contributed by atoms with Crippen LogP contribution in [0.5, 0.6) is 0 Å². The first-order chi connectivity index (χ1) is 14.8. The number of aliphatic hydroxyl groups excluding tert-OH is 2. The smallest absolute Gasteiger partial charge is 0.222 e. The minimum Gasteiger partial charge on any atom is -0.393 e. The highest BCUT2D eigenvalue weighted by Gasteiger charge is 2.47. The van der Waals surface area contributed by atoms with Crippen LogP contribution in [0.1, 0.15) is 56.9 Å². The third-order valence-corrected chi connectivity index (χ3v) is 7.00. The van der Waals surface area contributed by atoms with Crippen molar-refractivity contribution in [2.24, 2.45) is 17.8 Å². The van der Waals surface area contributed by atoms with Gasteiger partial charge in [0.15, 0.2) is 0 Å². The highest BCUT2D eigenvalue weighted by molar-refractivity contribution is 5.79. The molecule has 5 atom stereocenters. The molecule has 0 aliphatic heterocycles. The molecule has 2 aliphatic carbocycles. The summed E-state index contributed by atoms with van der Waals surface area (Å²) in [6, 6.07) is 9.91. The van der Waals surface area contributed by atoms with Gasteiger partial charge >= 0.3 is 0 Å². The maximum atomic E-state index is 12.4. The van der Waals surface area contributed by atoms with E-state index in [1.165, 1.54) is 5.57 Å². The quantitative estimate of drug-likeness (QED) is 0.418. The molecule has 1 aromatic rings. The number of benzene rings is 1. The lowest BCUT2D eigenvalue weighted by molar-refractivity contribution is -0.128. The van der Waals surface area contributed by atoms with E-state index in [0.717, 1.165) is 31.2 Å². The van der Waals surface area contributed by atoms with Crippen molar-refractivity contribution in [3.8, 4) is 0 Å². The van der Waals surface area contributed by atoms with Crippen LogP contribution >= 0.6 is 0 Å². The van der Waals surface area contributed by atoms with E-state index in [2.05, 4.69) is 6.08 Å². The molecule has 31 heavy (non-hydrogen) atoms. The van der Waals surface area contributed by atoms with Gasteiger partial charge in [0.05, 0.1) is 12.2 Å². The number of unbranched alkanes of at least 4 members (excludes halogenated alkanes) is 1. The van der Waals surface area contributed by atoms with Gasteiger partial charge in [0.25, 0.3) is 0 Å². The molecule has 1 amide bonds. The number of aryl methyl sites for hydroxylation is 1. The molecule has 3 rings (SSSR count). The van der Waals surface area contributed by atoms with Crippen LogP contribution in [-0.2, 0) is 16.0 Å². The van der Waals surface area contributed by atoms with Gasteiger partial charge in [-0.1, -0.05) is 42.0 Å². The van der Waals surface area contributed by atoms with Crippen molar-refractivity contribution in [1.82, 2.24) is 4.90 Å². The molecule has 0 bridgehead atoms. The molecular weight excluding hydrogens is 390 g/mol. The maximum absolute atomic E-state index is 12.4. The van der Waals surface area contributed by atoms with E-state index >= 15 is 0 Å². The Morgan fingerprint density at radius 1 is 1.10 bits per heavy atom. The number of allylic oxidation sites excluding steroid dienone is 2. The summed E-state index contributed by atoms with van der Waals surface area (Å²) in [5.74, 6) is 0.525. The zero-order chi connectivity index (χ0) is 22.4. The molecule has 2 N–H and O–H groups in total. The number of amides is 1. The minimum atomic E-state index is -0.779. The largest absolute Gasteiger partial charge is 0.393 e. The number of hydrogen-bond donors (Lipinski definition) is 2. The predicted molar refractivity (Wildman–Crippen MR) is 121 cm³/mol. The van der Waals surface area contributed by atoms with E-state index in [1.54, 1.807) is 19.0 Å². The van der Waals surface area contributed by atoms with Gasteiger partial charge in [0.2, 0.25) is 5.91 Å². The zero-order valence-corrected chi connectivity index (χ0v) is 18.9. The third kappa shape index (κ3) is 6.50. The number of carbonyl (C=O) groups is 2. The Labute approximate surface area is 186 Å². The molecule has 1 aromatic carbocycles. The summed E-state index contributed by atoms with van der Waals surface area (Å²) >= 11 is 0. The van der Waals surface area contributed by atoms with Gasteiger partial charge in [-0.15, -0.1) is 0 Å². The minimum absolute atomic E-state index is 0.0590. The third-order valence-electron chi connectivity index (χ3n) is 7.00. The first-order valence-electron chi connectivity index (χ1n) is 11.7. The van der Waals surface area contributed by atoms with Crippen molar-refractivity contribution in [3.63, 3.8) is 0 Å². The SMILES string of the molecule is CN(C)C(=O)CCCCC1=C[C@H]2C[C@@H](O)[C@H]([C@@H](O)CC(=O)CCc3ccccc3)[C@H]2C1. The fourth-order valence-electron chi connectivity index (χ4n) is 5.31. The summed E-state index contributed by atoms with van der Waals surface area (Å²) < 4.78 is 0. The molecule has 0 spiro atoms. The van der Waals surface area contributed by atoms with Crippen LogP contribution in [0.15, 0.2) is 42.0 Å². The van der Waals surface area contributed by atoms with E-state index in [4.69, 9.17) is 0 Å². The highest BCUT2D eigenvalue weighted by atomic mass is 16.3. The van der Waals surface area contributed by atoms with Crippen molar-refractivity contribution in [3.05, 3.63) is 47.5 Å². The Hall–Kier alpha value is -1.98. The highest BCUT2D eigenvalue weighted by Crippen LogP contribution is 2.49. The second-order valence-electron chi connectivity index (χ2n) is 9.53. The van der Waals surface area contributed by atoms with E-state index in [1.807, 2.05) is 30.3 Å². The molecule has 0 unspecified atom stereocenters. The molecule has 0 radical (unpaired) electrons. The fraction of sp³-hybridized carbons (Fsp3) is 0.615. The van der Waals surface area contributed by atoms with Crippen molar-refractivity contribution in [2.75, 3.05) is 14.1 Å². The second-order valence-corrected chi connectivity index (χ2v) is 9.53. The molecule has 5 heteroatoms. The number of Topliss-reactive ketones (excluding diaryl/α,β-unsaturated/α-hetero) is 1. The van der Waals surface area contributed by atoms with E-state index in [0.29, 0.717) is 31.6 Å². The monoisotopic (exact) mass is 427 g/mol. The van der Waals surface area contributed by atoms with Gasteiger partial charge in [0, 0.05) is 39.3 Å². The lowest BCUT2D eigenvalue weighted by Gasteiger charge is -2.26. The Balaban J connectivity index is 1.44. The van der Waals surface area contributed by atoms with Crippen LogP contribution in [-0.4, -0.2) is 53.1 Å². The van der Waals surface area contributed by atoms with Crippen molar-refractivity contribution < 1.29 is 19.8 Å². The van der Waals surface area contributed by atoms with Crippen molar-refractivity contribution >= 4 is 11.7 Å². The van der Waals surface area contributed by atoms with Gasteiger partial charge in [-0.25, -0.2) is 0 Å². The van der Waals surface area contributed by atoms with Crippen LogP contribution in [0, 0.1) is 17.8 Å². The number of carbonyl (C=O) groups excluding carboxylic acids is 2. The molecule has 1 fully saturated rings. The summed E-state index contributed by atoms with van der Waals surface area (Å²) in [6.45, 7) is 0. The van der Waals surface area contributed by atoms with Crippen LogP contribution in [0.25, 0.3) is 0 Å². The fourth-order valence-corrected chi connectivity index (χ4v) is 5.31. The summed E-state index contributed by atoms with van der Waals surface area (Å²) in [6.07, 6.45) is 7.19. The zero-order valence-electron chi connectivity index (χ0n) is 18.9. The molecule has 5 nitrogen and oxygen atoms in total. The summed E-state index contributed by atoms with van der Waals surface area (Å²) in [7, 11) is 3.57. The Kier molecular flexibility index (Phi) is 8.44. The van der Waals surface area contributed by atoms with Gasteiger partial charge in [-0.05, 0) is 55.9 Å². The lowest BCUT2D eigenvalue weighted by atomic mass is 9.83. The number of aliphatic hydroxyl groups is 2. The van der Waals surface area contributed by atoms with E-state index in [9.17, 15) is 19.8 Å². The molecule has 1 saturated carbocycles. The van der Waals surface area contributed by atoms with Crippen LogP contribution in [0.3, 0.4) is 0 Å². The maximum Gasteiger partial charge on any atom is 0.222 e. The Morgan fingerprint density at radius 3 is 2.55 bits per heavy atom. The molecule has 0 aromatic heterocycles. The van der Waals surface area contributed by atoms with Gasteiger partial charge in [-0.3, -0.25) is 9.59 Å². The topological polar surface area (TPSA) is 77.8 Å². The van der Waals surface area contributed by atoms with Crippen LogP contribution < -0.4 is 0 Å². The average Bonchev–Trinajstić information content (AvgIpc) is 3.25. The number of ketones is 1. The lowest BCUT2D eigenvalue weighted by Crippen LogP contribution is -2.34. The van der Waals surface area contributed by atoms with Crippen molar-refractivity contribution in [1.29, 1.82) is 0 Å². The number of rotatable bonds is 11.